The van der Waals surface area contributed by atoms with E-state index >= 15 is 0 Å². The number of aliphatic imine (C=N–C) groups is 2. The number of nitrogens with two attached hydrogens (primary N) is 1. The number of pyridine rings is 1. The SMILES string of the molecule is N[N+]12C=CN=CC1=C(C1CCCN(C(=O)C3CC(F)(F)C3)C1)N=C2c1ccc(C(=O)Nc2cc(C3CC3)ccn2)cc1. The topological polar surface area (TPSA) is 113 Å². The molecule has 11 heteroatoms. The van der Waals surface area contributed by atoms with Crippen molar-refractivity contribution in [3.05, 3.63) is 83.1 Å². The molecule has 0 bridgehead atoms. The number of nitrogens with one attached hydrogen (secondary N) is 1. The number of rotatable bonds is 6. The molecule has 2 saturated carbocycles. The molecule has 0 radical (unpaired) electrons. The first-order chi connectivity index (χ1) is 20.2. The van der Waals surface area contributed by atoms with Gasteiger partial charge in [-0.15, -0.1) is 4.59 Å². The van der Waals surface area contributed by atoms with Crippen molar-refractivity contribution in [3.63, 3.8) is 0 Å². The smallest absolute Gasteiger partial charge is 0.264 e. The van der Waals surface area contributed by atoms with Crippen LogP contribution in [0.25, 0.3) is 0 Å². The summed E-state index contributed by atoms with van der Waals surface area (Å²) in [4.78, 5) is 41.2. The van der Waals surface area contributed by atoms with Gasteiger partial charge in [-0.1, -0.05) is 0 Å². The average molecular weight is 573 g/mol. The zero-order chi connectivity index (χ0) is 29.1. The molecule has 2 unspecified atom stereocenters. The predicted octanol–water partition coefficient (Wildman–Crippen LogP) is 4.71. The molecule has 1 aromatic heterocycles. The number of hydrogen-bond acceptors (Lipinski definition) is 6. The first-order valence-electron chi connectivity index (χ1n) is 14.5. The Bertz CT molecular complexity index is 1570. The molecule has 3 fully saturated rings. The third kappa shape index (κ3) is 4.86. The number of carbonyl (C=O) groups is 2. The van der Waals surface area contributed by atoms with Gasteiger partial charge >= 0.3 is 0 Å². The number of amides is 2. The monoisotopic (exact) mass is 572 g/mol. The number of allylic oxidation sites excluding steroid dienone is 1. The Labute approximate surface area is 242 Å². The Morgan fingerprint density at radius 3 is 2.60 bits per heavy atom. The average Bonchev–Trinajstić information content (AvgIpc) is 3.78. The highest BCUT2D eigenvalue weighted by Gasteiger charge is 2.51. The van der Waals surface area contributed by atoms with Gasteiger partial charge in [0.15, 0.2) is 0 Å². The number of alkyl halides is 2. The van der Waals surface area contributed by atoms with Crippen LogP contribution in [0.3, 0.4) is 0 Å². The van der Waals surface area contributed by atoms with Crippen LogP contribution in [-0.4, -0.2) is 57.4 Å². The molecule has 2 atom stereocenters. The molecule has 9 nitrogen and oxygen atoms in total. The molecule has 0 spiro atoms. The summed E-state index contributed by atoms with van der Waals surface area (Å²) in [5.41, 5.74) is 3.88. The lowest BCUT2D eigenvalue weighted by molar-refractivity contribution is -0.750. The summed E-state index contributed by atoms with van der Waals surface area (Å²) in [6, 6.07) is 11.0. The van der Waals surface area contributed by atoms with E-state index in [1.807, 2.05) is 24.3 Å². The summed E-state index contributed by atoms with van der Waals surface area (Å²) in [5, 5.41) is 2.89. The fourth-order valence-electron chi connectivity index (χ4n) is 6.35. The van der Waals surface area contributed by atoms with E-state index in [1.165, 1.54) is 18.4 Å². The van der Waals surface area contributed by atoms with Gasteiger partial charge in [0.25, 0.3) is 11.7 Å². The molecule has 3 aliphatic heterocycles. The third-order valence-electron chi connectivity index (χ3n) is 8.86. The van der Waals surface area contributed by atoms with E-state index in [4.69, 9.17) is 10.8 Å². The normalized spacial score (nSPS) is 26.5. The molecular formula is C31H32F2N7O2+. The van der Waals surface area contributed by atoms with E-state index in [2.05, 4.69) is 15.3 Å². The van der Waals surface area contributed by atoms with Gasteiger partial charge < -0.3 is 10.2 Å². The number of hydrogen-bond donors (Lipinski definition) is 2. The van der Waals surface area contributed by atoms with Crippen LogP contribution in [0.2, 0.25) is 0 Å². The van der Waals surface area contributed by atoms with Crippen LogP contribution in [0, 0.1) is 11.8 Å². The zero-order valence-corrected chi connectivity index (χ0v) is 23.0. The minimum Gasteiger partial charge on any atom is -0.342 e. The van der Waals surface area contributed by atoms with Crippen molar-refractivity contribution in [3.8, 4) is 0 Å². The minimum atomic E-state index is -2.74. The number of aromatic nitrogens is 1. The summed E-state index contributed by atoms with van der Waals surface area (Å²) in [5.74, 6) is 4.67. The number of quaternary nitrogens is 1. The van der Waals surface area contributed by atoms with Crippen LogP contribution >= 0.6 is 0 Å². The first-order valence-corrected chi connectivity index (χ1v) is 14.5. The summed E-state index contributed by atoms with van der Waals surface area (Å²) in [6.07, 6.45) is 9.94. The molecule has 3 N–H and O–H groups in total. The van der Waals surface area contributed by atoms with Gasteiger partial charge in [-0.25, -0.2) is 13.8 Å². The highest BCUT2D eigenvalue weighted by atomic mass is 19.3. The molecule has 4 heterocycles. The molecule has 2 aliphatic carbocycles. The van der Waals surface area contributed by atoms with Crippen molar-refractivity contribution in [2.45, 2.75) is 50.4 Å². The molecule has 5 aliphatic rings. The predicted molar refractivity (Wildman–Crippen MR) is 153 cm³/mol. The van der Waals surface area contributed by atoms with E-state index in [0.29, 0.717) is 41.9 Å². The Morgan fingerprint density at radius 1 is 1.07 bits per heavy atom. The number of carbonyl (C=O) groups excluding carboxylic acids is 2. The Hall–Kier alpha value is -4.09. The minimum absolute atomic E-state index is 0.0984. The van der Waals surface area contributed by atoms with E-state index in [1.54, 1.807) is 41.8 Å². The quantitative estimate of drug-likeness (QED) is 0.386. The number of likely N-dealkylation sites (tertiary alicyclic amines) is 1. The van der Waals surface area contributed by atoms with Gasteiger partial charge in [0.2, 0.25) is 17.5 Å². The Morgan fingerprint density at radius 2 is 1.86 bits per heavy atom. The van der Waals surface area contributed by atoms with Crippen LogP contribution in [0.4, 0.5) is 14.6 Å². The largest absolute Gasteiger partial charge is 0.342 e. The van der Waals surface area contributed by atoms with Gasteiger partial charge in [0.1, 0.15) is 17.7 Å². The van der Waals surface area contributed by atoms with E-state index in [0.717, 1.165) is 24.1 Å². The third-order valence-corrected chi connectivity index (χ3v) is 8.86. The molecule has 1 aromatic carbocycles. The Balaban J connectivity index is 1.10. The second kappa shape index (κ2) is 10.0. The van der Waals surface area contributed by atoms with E-state index in [9.17, 15) is 18.4 Å². The summed E-state index contributed by atoms with van der Waals surface area (Å²) >= 11 is 0. The maximum Gasteiger partial charge on any atom is 0.264 e. The maximum absolute atomic E-state index is 13.4. The van der Waals surface area contributed by atoms with Crippen LogP contribution in [0.5, 0.6) is 0 Å². The van der Waals surface area contributed by atoms with Crippen molar-refractivity contribution in [1.29, 1.82) is 0 Å². The van der Waals surface area contributed by atoms with Crippen LogP contribution in [0.1, 0.15) is 65.9 Å². The van der Waals surface area contributed by atoms with Gasteiger partial charge in [-0.2, -0.15) is 10.8 Å². The summed E-state index contributed by atoms with van der Waals surface area (Å²) in [6.45, 7) is 0.959. The number of anilines is 1. The number of halogens is 2. The van der Waals surface area contributed by atoms with Crippen molar-refractivity contribution in [2.24, 2.45) is 27.7 Å². The molecule has 2 amide bonds. The lowest BCUT2D eigenvalue weighted by atomic mass is 9.79. The number of piperidine rings is 1. The lowest BCUT2D eigenvalue weighted by Gasteiger charge is -2.40. The molecular weight excluding hydrogens is 540 g/mol. The summed E-state index contributed by atoms with van der Waals surface area (Å²) < 4.78 is 26.7. The second-order valence-electron chi connectivity index (χ2n) is 11.9. The van der Waals surface area contributed by atoms with Crippen molar-refractivity contribution >= 4 is 29.7 Å². The number of amidine groups is 1. The van der Waals surface area contributed by atoms with Crippen LogP contribution in [-0.2, 0) is 4.79 Å². The van der Waals surface area contributed by atoms with E-state index in [-0.39, 0.29) is 35.2 Å². The van der Waals surface area contributed by atoms with Gasteiger partial charge in [-0.3, -0.25) is 14.6 Å². The first kappa shape index (κ1) is 26.8. The summed E-state index contributed by atoms with van der Waals surface area (Å²) in [7, 11) is 0. The molecule has 216 valence electrons. The van der Waals surface area contributed by atoms with Crippen LogP contribution in [0.15, 0.2) is 76.4 Å². The fraction of sp³-hybridized carbons (Fsp3) is 0.387. The van der Waals surface area contributed by atoms with Crippen LogP contribution < -0.4 is 11.2 Å². The standard InChI is InChI=1S/C31H31F2N7O2/c32-31(33)15-24(16-31)30(42)39-12-1-2-23(18-39)27-25-17-35-11-13-40(25,34)28(38-27)20-5-7-21(8-6-20)29(41)37-26-14-22(9-10-36-26)19-3-4-19/h5-11,13-14,17,19,23-24H,1-4,12,15-16,18,34H2/p+1. The lowest BCUT2D eigenvalue weighted by Crippen LogP contribution is -2.53. The number of fused-ring (bicyclic) bond motifs is 1. The van der Waals surface area contributed by atoms with Gasteiger partial charge in [0.05, 0.1) is 18.0 Å². The van der Waals surface area contributed by atoms with Gasteiger partial charge in [0, 0.05) is 49.5 Å². The highest BCUT2D eigenvalue weighted by molar-refractivity contribution is 6.05. The molecule has 2 aromatic rings. The van der Waals surface area contributed by atoms with Crippen molar-refractivity contribution in [2.75, 3.05) is 18.4 Å². The molecule has 7 rings (SSSR count). The number of nitrogens with zero attached hydrogens (tertiary/aromatic N) is 5. The number of benzene rings is 1. The maximum atomic E-state index is 13.4. The second-order valence-corrected chi connectivity index (χ2v) is 11.9. The van der Waals surface area contributed by atoms with Crippen molar-refractivity contribution < 1.29 is 23.0 Å². The zero-order valence-electron chi connectivity index (χ0n) is 23.0. The Kier molecular flexibility index (Phi) is 6.39. The molecule has 1 saturated heterocycles. The van der Waals surface area contributed by atoms with E-state index < -0.39 is 11.8 Å². The molecule has 42 heavy (non-hydrogen) atoms. The van der Waals surface area contributed by atoms with Crippen molar-refractivity contribution in [1.82, 2.24) is 9.88 Å². The van der Waals surface area contributed by atoms with Gasteiger partial charge in [-0.05, 0) is 73.6 Å². The highest BCUT2D eigenvalue weighted by Crippen LogP contribution is 2.44. The fourth-order valence-corrected chi connectivity index (χ4v) is 6.35.